The molecule has 2 N–H and O–H groups in total. The summed E-state index contributed by atoms with van der Waals surface area (Å²) in [6.45, 7) is 5.54. The van der Waals surface area contributed by atoms with Crippen LogP contribution < -0.4 is 4.90 Å². The van der Waals surface area contributed by atoms with Crippen LogP contribution in [0.3, 0.4) is 0 Å². The Balaban J connectivity index is 1.23. The summed E-state index contributed by atoms with van der Waals surface area (Å²) in [5.41, 5.74) is 8.73. The molecule has 0 radical (unpaired) electrons. The highest BCUT2D eigenvalue weighted by Crippen LogP contribution is 2.33. The summed E-state index contributed by atoms with van der Waals surface area (Å²) in [5.74, 6) is 0.805. The van der Waals surface area contributed by atoms with E-state index >= 15 is 0 Å². The number of H-pyrrole nitrogens is 2. The van der Waals surface area contributed by atoms with Gasteiger partial charge in [-0.15, -0.1) is 0 Å². The lowest BCUT2D eigenvalue weighted by Gasteiger charge is -2.28. The third-order valence-electron chi connectivity index (χ3n) is 7.96. The quantitative estimate of drug-likeness (QED) is 0.309. The van der Waals surface area contributed by atoms with E-state index in [2.05, 4.69) is 72.4 Å². The smallest absolute Gasteiger partial charge is 0.159 e. The van der Waals surface area contributed by atoms with Crippen molar-refractivity contribution in [2.75, 3.05) is 31.1 Å². The average molecular weight is 492 g/mol. The molecule has 2 fully saturated rings. The largest absolute Gasteiger partial charge is 0.370 e. The minimum Gasteiger partial charge on any atom is -0.370 e. The van der Waals surface area contributed by atoms with Gasteiger partial charge >= 0.3 is 0 Å². The van der Waals surface area contributed by atoms with E-state index in [1.807, 2.05) is 12.4 Å². The van der Waals surface area contributed by atoms with Crippen molar-refractivity contribution in [3.63, 3.8) is 0 Å². The molecule has 2 aromatic carbocycles. The van der Waals surface area contributed by atoms with Crippen LogP contribution in [0.5, 0.6) is 0 Å². The molecule has 2 aliphatic heterocycles. The molecule has 7 nitrogen and oxygen atoms in total. The molecule has 7 rings (SSSR count). The highest BCUT2D eigenvalue weighted by molar-refractivity contribution is 5.97. The molecule has 5 heterocycles. The maximum absolute atomic E-state index is 5.06. The molecule has 0 atom stereocenters. The molecule has 0 spiro atoms. The van der Waals surface area contributed by atoms with Gasteiger partial charge in [-0.3, -0.25) is 15.0 Å². The third kappa shape index (κ3) is 4.37. The first-order chi connectivity index (χ1) is 18.3. The van der Waals surface area contributed by atoms with E-state index in [-0.39, 0.29) is 0 Å². The lowest BCUT2D eigenvalue weighted by molar-refractivity contribution is 0.220. The van der Waals surface area contributed by atoms with E-state index < -0.39 is 0 Å². The molecule has 188 valence electrons. The van der Waals surface area contributed by atoms with E-state index in [0.717, 1.165) is 64.2 Å². The topological polar surface area (TPSA) is 76.7 Å². The second-order valence-corrected chi connectivity index (χ2v) is 10.6. The fourth-order valence-corrected chi connectivity index (χ4v) is 6.00. The standard InChI is InChI=1S/C30H33N7/c1-3-12-36(13-4-1)20-21-16-23(19-31-18-21)22-10-11-25-24(17-22)28(35-34-25)30-32-26-8-7-9-27(29(26)33-30)37-14-5-2-6-15-37/h7-11,16-19H,1-6,12-15,20H2,(H,32,33)(H,34,35). The number of anilines is 1. The predicted molar refractivity (Wildman–Crippen MR) is 150 cm³/mol. The van der Waals surface area contributed by atoms with Gasteiger partial charge in [0.1, 0.15) is 11.2 Å². The molecule has 0 aliphatic carbocycles. The number of nitrogens with one attached hydrogen (secondary N) is 2. The lowest BCUT2D eigenvalue weighted by atomic mass is 10.0. The summed E-state index contributed by atoms with van der Waals surface area (Å²) in [6, 6.07) is 15.2. The van der Waals surface area contributed by atoms with Crippen LogP contribution in [0.2, 0.25) is 0 Å². The van der Waals surface area contributed by atoms with Gasteiger partial charge in [-0.2, -0.15) is 5.10 Å². The van der Waals surface area contributed by atoms with Crippen molar-refractivity contribution in [3.05, 3.63) is 60.4 Å². The van der Waals surface area contributed by atoms with Crippen LogP contribution in [-0.4, -0.2) is 56.2 Å². The number of rotatable bonds is 5. The maximum Gasteiger partial charge on any atom is 0.159 e. The van der Waals surface area contributed by atoms with Crippen molar-refractivity contribution < 1.29 is 0 Å². The van der Waals surface area contributed by atoms with Crippen LogP contribution >= 0.6 is 0 Å². The van der Waals surface area contributed by atoms with E-state index in [1.165, 1.54) is 62.9 Å². The first-order valence-electron chi connectivity index (χ1n) is 13.7. The van der Waals surface area contributed by atoms with Crippen LogP contribution in [0.1, 0.15) is 44.1 Å². The third-order valence-corrected chi connectivity index (χ3v) is 7.96. The number of nitrogens with zero attached hydrogens (tertiary/aromatic N) is 5. The van der Waals surface area contributed by atoms with Crippen molar-refractivity contribution in [1.29, 1.82) is 0 Å². The summed E-state index contributed by atoms with van der Waals surface area (Å²) in [5, 5.41) is 8.96. The van der Waals surface area contributed by atoms with Gasteiger partial charge in [-0.25, -0.2) is 4.98 Å². The first-order valence-corrected chi connectivity index (χ1v) is 13.7. The van der Waals surface area contributed by atoms with Gasteiger partial charge in [-0.05, 0) is 86.7 Å². The van der Waals surface area contributed by atoms with Crippen LogP contribution in [0.15, 0.2) is 54.9 Å². The molecule has 0 bridgehead atoms. The van der Waals surface area contributed by atoms with Crippen LogP contribution in [0.25, 0.3) is 44.6 Å². The lowest BCUT2D eigenvalue weighted by Crippen LogP contribution is -2.29. The molecule has 0 saturated carbocycles. The molecule has 5 aromatic rings. The van der Waals surface area contributed by atoms with Gasteiger partial charge in [0.15, 0.2) is 5.82 Å². The van der Waals surface area contributed by atoms with Crippen LogP contribution in [0.4, 0.5) is 5.69 Å². The van der Waals surface area contributed by atoms with Gasteiger partial charge in [0.2, 0.25) is 0 Å². The van der Waals surface area contributed by atoms with Crippen molar-refractivity contribution in [3.8, 4) is 22.6 Å². The fraction of sp³-hybridized carbons (Fsp3) is 0.367. The van der Waals surface area contributed by atoms with Crippen LogP contribution in [-0.2, 0) is 6.54 Å². The minimum atomic E-state index is 0.805. The summed E-state index contributed by atoms with van der Waals surface area (Å²) in [4.78, 5) is 18.2. The Morgan fingerprint density at radius 2 is 1.62 bits per heavy atom. The monoisotopic (exact) mass is 491 g/mol. The number of aromatic amines is 2. The first kappa shape index (κ1) is 22.5. The number of fused-ring (bicyclic) bond motifs is 2. The number of benzene rings is 2. The molecular formula is C30H33N7. The van der Waals surface area contributed by atoms with Crippen molar-refractivity contribution in [2.24, 2.45) is 0 Å². The molecular weight excluding hydrogens is 458 g/mol. The van der Waals surface area contributed by atoms with Gasteiger partial charge < -0.3 is 9.88 Å². The van der Waals surface area contributed by atoms with E-state index in [1.54, 1.807) is 0 Å². The Hall–Kier alpha value is -3.71. The molecule has 0 amide bonds. The predicted octanol–water partition coefficient (Wildman–Crippen LogP) is 6.14. The highest BCUT2D eigenvalue weighted by Gasteiger charge is 2.19. The number of piperidine rings is 2. The number of hydrogen-bond donors (Lipinski definition) is 2. The number of likely N-dealkylation sites (tertiary alicyclic amines) is 1. The summed E-state index contributed by atoms with van der Waals surface area (Å²) < 4.78 is 0. The van der Waals surface area contributed by atoms with Gasteiger partial charge in [-0.1, -0.05) is 18.6 Å². The maximum atomic E-state index is 5.06. The second-order valence-electron chi connectivity index (χ2n) is 10.6. The summed E-state index contributed by atoms with van der Waals surface area (Å²) >= 11 is 0. The van der Waals surface area contributed by atoms with E-state index in [4.69, 9.17) is 4.98 Å². The average Bonchev–Trinajstić information content (AvgIpc) is 3.58. The fourth-order valence-electron chi connectivity index (χ4n) is 6.00. The zero-order valence-electron chi connectivity index (χ0n) is 21.2. The SMILES string of the molecule is c1cc(N2CCCCC2)c2nc(-c3n[nH]c4ccc(-c5cncc(CN6CCCCC6)c5)cc34)[nH]c2c1. The summed E-state index contributed by atoms with van der Waals surface area (Å²) in [7, 11) is 0. The molecule has 2 aliphatic rings. The highest BCUT2D eigenvalue weighted by atomic mass is 15.2. The zero-order chi connectivity index (χ0) is 24.6. The number of pyridine rings is 1. The number of aromatic nitrogens is 5. The number of imidazole rings is 1. The molecule has 7 heteroatoms. The Bertz CT molecular complexity index is 1540. The Labute approximate surface area is 216 Å². The van der Waals surface area contributed by atoms with Gasteiger partial charge in [0.05, 0.1) is 16.7 Å². The Kier molecular flexibility index (Phi) is 5.85. The number of para-hydroxylation sites is 1. The number of hydrogen-bond acceptors (Lipinski definition) is 5. The minimum absolute atomic E-state index is 0.805. The molecule has 0 unspecified atom stereocenters. The van der Waals surface area contributed by atoms with E-state index in [9.17, 15) is 0 Å². The van der Waals surface area contributed by atoms with Gasteiger partial charge in [0, 0.05) is 43.0 Å². The molecule has 2 saturated heterocycles. The van der Waals surface area contributed by atoms with Crippen LogP contribution in [0, 0.1) is 0 Å². The molecule has 3 aromatic heterocycles. The van der Waals surface area contributed by atoms with Gasteiger partial charge in [0.25, 0.3) is 0 Å². The zero-order valence-corrected chi connectivity index (χ0v) is 21.2. The van der Waals surface area contributed by atoms with Crippen molar-refractivity contribution in [1.82, 2.24) is 30.0 Å². The van der Waals surface area contributed by atoms with Crippen molar-refractivity contribution in [2.45, 2.75) is 45.1 Å². The van der Waals surface area contributed by atoms with E-state index in [0.29, 0.717) is 0 Å². The van der Waals surface area contributed by atoms with Crippen molar-refractivity contribution >= 4 is 27.6 Å². The second kappa shape index (κ2) is 9.63. The Morgan fingerprint density at radius 3 is 2.49 bits per heavy atom. The Morgan fingerprint density at radius 1 is 0.784 bits per heavy atom. The molecule has 37 heavy (non-hydrogen) atoms. The normalized spacial score (nSPS) is 17.1. The summed E-state index contributed by atoms with van der Waals surface area (Å²) in [6.07, 6.45) is 11.7.